The Kier molecular flexibility index (Phi) is 5.28. The van der Waals surface area contributed by atoms with Gasteiger partial charge in [-0.2, -0.15) is 0 Å². The van der Waals surface area contributed by atoms with E-state index >= 15 is 0 Å². The van der Waals surface area contributed by atoms with Crippen molar-refractivity contribution < 1.29 is 19.5 Å². The summed E-state index contributed by atoms with van der Waals surface area (Å²) in [6.45, 7) is 3.12. The van der Waals surface area contributed by atoms with E-state index in [4.69, 9.17) is 0 Å². The molecule has 1 atom stereocenters. The van der Waals surface area contributed by atoms with E-state index in [0.717, 1.165) is 10.2 Å². The highest BCUT2D eigenvalue weighted by molar-refractivity contribution is 7.16. The van der Waals surface area contributed by atoms with Gasteiger partial charge in [-0.15, -0.1) is 11.3 Å². The maximum atomic E-state index is 12.7. The topological polar surface area (TPSA) is 99.6 Å². The Morgan fingerprint density at radius 2 is 2.13 bits per heavy atom. The van der Waals surface area contributed by atoms with Crippen molar-refractivity contribution in [2.75, 3.05) is 13.1 Å². The van der Waals surface area contributed by atoms with E-state index in [2.05, 4.69) is 10.3 Å². The largest absolute Gasteiger partial charge is 0.480 e. The summed E-state index contributed by atoms with van der Waals surface area (Å²) < 4.78 is 0.862. The number of carboxylic acid groups (broad SMARTS) is 1. The van der Waals surface area contributed by atoms with Gasteiger partial charge in [-0.05, 0) is 25.1 Å². The van der Waals surface area contributed by atoms with Crippen molar-refractivity contribution in [2.45, 2.75) is 19.9 Å². The standard InChI is InChI=1S/C15H17N3O4S/c1-9(15(21)22)18(6-5-16-10(2)19)14(20)11-3-4-12-13(7-11)23-8-17-12/h3-4,7-9H,5-6H2,1-2H3,(H,16,19)(H,21,22). The first-order chi connectivity index (χ1) is 10.9. The third kappa shape index (κ3) is 4.04. The lowest BCUT2D eigenvalue weighted by atomic mass is 10.1. The van der Waals surface area contributed by atoms with Crippen LogP contribution in [0.1, 0.15) is 24.2 Å². The minimum absolute atomic E-state index is 0.118. The molecule has 0 radical (unpaired) electrons. The number of amides is 2. The van der Waals surface area contributed by atoms with E-state index in [9.17, 15) is 19.5 Å². The van der Waals surface area contributed by atoms with Crippen LogP contribution in [0, 0.1) is 0 Å². The van der Waals surface area contributed by atoms with Gasteiger partial charge in [-0.3, -0.25) is 9.59 Å². The molecule has 0 aliphatic heterocycles. The van der Waals surface area contributed by atoms with Gasteiger partial charge in [0.25, 0.3) is 5.91 Å². The molecule has 1 unspecified atom stereocenters. The van der Waals surface area contributed by atoms with Gasteiger partial charge in [0.15, 0.2) is 0 Å². The summed E-state index contributed by atoms with van der Waals surface area (Å²) in [6.07, 6.45) is 0. The summed E-state index contributed by atoms with van der Waals surface area (Å²) in [5.74, 6) is -1.72. The normalized spacial score (nSPS) is 11.9. The second-order valence-corrected chi connectivity index (χ2v) is 5.92. The van der Waals surface area contributed by atoms with Crippen LogP contribution in [-0.4, -0.2) is 51.9 Å². The number of carbonyl (C=O) groups excluding carboxylic acids is 2. The van der Waals surface area contributed by atoms with Gasteiger partial charge in [-0.25, -0.2) is 9.78 Å². The van der Waals surface area contributed by atoms with Gasteiger partial charge >= 0.3 is 5.97 Å². The molecular weight excluding hydrogens is 318 g/mol. The second-order valence-electron chi connectivity index (χ2n) is 5.03. The molecule has 23 heavy (non-hydrogen) atoms. The summed E-state index contributed by atoms with van der Waals surface area (Å²) in [5.41, 5.74) is 2.88. The molecule has 0 aliphatic carbocycles. The zero-order chi connectivity index (χ0) is 17.0. The predicted octanol–water partition coefficient (Wildman–Crippen LogP) is 1.35. The van der Waals surface area contributed by atoms with Crippen LogP contribution in [0.5, 0.6) is 0 Å². The molecule has 7 nitrogen and oxygen atoms in total. The van der Waals surface area contributed by atoms with Gasteiger partial charge in [0.1, 0.15) is 6.04 Å². The third-order valence-electron chi connectivity index (χ3n) is 3.39. The number of hydrogen-bond donors (Lipinski definition) is 2. The first-order valence-electron chi connectivity index (χ1n) is 7.01. The fraction of sp³-hybridized carbons (Fsp3) is 0.333. The molecule has 2 rings (SSSR count). The second kappa shape index (κ2) is 7.19. The van der Waals surface area contributed by atoms with Crippen molar-refractivity contribution in [3.63, 3.8) is 0 Å². The molecule has 0 saturated carbocycles. The Labute approximate surface area is 136 Å². The van der Waals surface area contributed by atoms with Crippen molar-refractivity contribution in [1.82, 2.24) is 15.2 Å². The van der Waals surface area contributed by atoms with Crippen LogP contribution in [0.4, 0.5) is 0 Å². The van der Waals surface area contributed by atoms with Crippen LogP contribution in [-0.2, 0) is 9.59 Å². The number of aliphatic carboxylic acids is 1. The SMILES string of the molecule is CC(=O)NCCN(C(=O)c1ccc2ncsc2c1)C(C)C(=O)O. The molecule has 1 aromatic carbocycles. The monoisotopic (exact) mass is 335 g/mol. The maximum absolute atomic E-state index is 12.7. The highest BCUT2D eigenvalue weighted by Crippen LogP contribution is 2.20. The molecule has 2 amide bonds. The zero-order valence-electron chi connectivity index (χ0n) is 12.8. The lowest BCUT2D eigenvalue weighted by molar-refractivity contribution is -0.141. The van der Waals surface area contributed by atoms with Crippen LogP contribution < -0.4 is 5.32 Å². The number of hydrogen-bond acceptors (Lipinski definition) is 5. The molecule has 0 fully saturated rings. The van der Waals surface area contributed by atoms with Crippen molar-refractivity contribution in [3.05, 3.63) is 29.3 Å². The molecule has 0 spiro atoms. The van der Waals surface area contributed by atoms with Crippen LogP contribution in [0.15, 0.2) is 23.7 Å². The summed E-state index contributed by atoms with van der Waals surface area (Å²) in [6, 6.07) is 4.07. The van der Waals surface area contributed by atoms with Crippen molar-refractivity contribution in [2.24, 2.45) is 0 Å². The molecule has 8 heteroatoms. The number of fused-ring (bicyclic) bond motifs is 1. The third-order valence-corrected chi connectivity index (χ3v) is 4.18. The summed E-state index contributed by atoms with van der Waals surface area (Å²) in [4.78, 5) is 40.3. The number of aromatic nitrogens is 1. The van der Waals surface area contributed by atoms with Crippen LogP contribution in [0.3, 0.4) is 0 Å². The number of thiazole rings is 1. The molecule has 0 saturated heterocycles. The Hall–Kier alpha value is -2.48. The summed E-state index contributed by atoms with van der Waals surface area (Å²) in [7, 11) is 0. The number of nitrogens with zero attached hydrogens (tertiary/aromatic N) is 2. The number of benzene rings is 1. The Balaban J connectivity index is 2.23. The van der Waals surface area contributed by atoms with E-state index in [0.29, 0.717) is 5.56 Å². The van der Waals surface area contributed by atoms with E-state index in [1.165, 1.54) is 30.1 Å². The molecule has 2 aromatic rings. The smallest absolute Gasteiger partial charge is 0.326 e. The Morgan fingerprint density at radius 3 is 2.78 bits per heavy atom. The Morgan fingerprint density at radius 1 is 1.39 bits per heavy atom. The average Bonchev–Trinajstić information content (AvgIpc) is 2.97. The average molecular weight is 335 g/mol. The van der Waals surface area contributed by atoms with Gasteiger partial charge < -0.3 is 15.3 Å². The van der Waals surface area contributed by atoms with Gasteiger partial charge in [0.05, 0.1) is 15.7 Å². The van der Waals surface area contributed by atoms with Crippen LogP contribution in [0.2, 0.25) is 0 Å². The van der Waals surface area contributed by atoms with E-state index in [1.807, 2.05) is 0 Å². The highest BCUT2D eigenvalue weighted by atomic mass is 32.1. The minimum atomic E-state index is -1.10. The number of rotatable bonds is 6. The molecule has 0 aliphatic rings. The Bertz CT molecular complexity index is 743. The fourth-order valence-electron chi connectivity index (χ4n) is 2.11. The van der Waals surface area contributed by atoms with Crippen molar-refractivity contribution in [1.29, 1.82) is 0 Å². The summed E-state index contributed by atoms with van der Waals surface area (Å²) >= 11 is 1.41. The lowest BCUT2D eigenvalue weighted by Crippen LogP contribution is -2.46. The van der Waals surface area contributed by atoms with E-state index in [1.54, 1.807) is 23.7 Å². The zero-order valence-corrected chi connectivity index (χ0v) is 13.6. The molecule has 2 N–H and O–H groups in total. The molecule has 122 valence electrons. The van der Waals surface area contributed by atoms with Gasteiger partial charge in [0.2, 0.25) is 5.91 Å². The van der Waals surface area contributed by atoms with Crippen molar-refractivity contribution in [3.8, 4) is 0 Å². The van der Waals surface area contributed by atoms with Gasteiger partial charge in [-0.1, -0.05) is 0 Å². The van der Waals surface area contributed by atoms with Crippen molar-refractivity contribution >= 4 is 39.3 Å². The summed E-state index contributed by atoms with van der Waals surface area (Å²) in [5, 5.41) is 11.8. The van der Waals surface area contributed by atoms with Crippen LogP contribution in [0.25, 0.3) is 10.2 Å². The van der Waals surface area contributed by atoms with Gasteiger partial charge in [0, 0.05) is 25.6 Å². The maximum Gasteiger partial charge on any atom is 0.326 e. The molecule has 1 heterocycles. The first kappa shape index (κ1) is 16.9. The molecule has 1 aromatic heterocycles. The molecular formula is C15H17N3O4S. The minimum Gasteiger partial charge on any atom is -0.480 e. The van der Waals surface area contributed by atoms with E-state index < -0.39 is 12.0 Å². The number of carbonyl (C=O) groups is 3. The quantitative estimate of drug-likeness (QED) is 0.830. The number of nitrogens with one attached hydrogen (secondary N) is 1. The predicted molar refractivity (Wildman–Crippen MR) is 86.4 cm³/mol. The highest BCUT2D eigenvalue weighted by Gasteiger charge is 2.26. The molecule has 0 bridgehead atoms. The first-order valence-corrected chi connectivity index (χ1v) is 7.89. The fourth-order valence-corrected chi connectivity index (χ4v) is 2.83. The van der Waals surface area contributed by atoms with E-state index in [-0.39, 0.29) is 24.9 Å². The van der Waals surface area contributed by atoms with Crippen LogP contribution >= 0.6 is 11.3 Å². The number of carboxylic acids is 1. The lowest BCUT2D eigenvalue weighted by Gasteiger charge is -2.26.